The van der Waals surface area contributed by atoms with Crippen LogP contribution in [0.4, 0.5) is 0 Å². The van der Waals surface area contributed by atoms with Crippen LogP contribution in [0.2, 0.25) is 0 Å². The monoisotopic (exact) mass is 192 g/mol. The maximum absolute atomic E-state index is 5.45. The molecule has 0 saturated heterocycles. The van der Waals surface area contributed by atoms with Crippen molar-refractivity contribution in [2.24, 2.45) is 5.84 Å². The average Bonchev–Trinajstić information content (AvgIpc) is 2.80. The molecule has 0 aliphatic heterocycles. The Labute approximate surface area is 81.7 Å². The van der Waals surface area contributed by atoms with E-state index in [0.29, 0.717) is 0 Å². The summed E-state index contributed by atoms with van der Waals surface area (Å²) in [7, 11) is 0. The van der Waals surface area contributed by atoms with Gasteiger partial charge < -0.3 is 8.83 Å². The van der Waals surface area contributed by atoms with Crippen molar-refractivity contribution < 1.29 is 8.83 Å². The fourth-order valence-corrected chi connectivity index (χ4v) is 1.42. The molecule has 0 aliphatic rings. The van der Waals surface area contributed by atoms with Crippen LogP contribution in [0.25, 0.3) is 0 Å². The van der Waals surface area contributed by atoms with Crippen LogP contribution in [0.15, 0.2) is 39.6 Å². The summed E-state index contributed by atoms with van der Waals surface area (Å²) < 4.78 is 10.6. The lowest BCUT2D eigenvalue weighted by atomic mass is 10.1. The zero-order valence-corrected chi connectivity index (χ0v) is 7.86. The van der Waals surface area contributed by atoms with Crippen LogP contribution in [0.3, 0.4) is 0 Å². The van der Waals surface area contributed by atoms with Crippen LogP contribution in [-0.2, 0) is 0 Å². The molecule has 0 bridgehead atoms. The lowest BCUT2D eigenvalue weighted by Gasteiger charge is -2.11. The van der Waals surface area contributed by atoms with Crippen molar-refractivity contribution >= 4 is 0 Å². The Kier molecular flexibility index (Phi) is 2.39. The molecule has 74 valence electrons. The quantitative estimate of drug-likeness (QED) is 0.574. The van der Waals surface area contributed by atoms with Crippen molar-refractivity contribution in [1.82, 2.24) is 5.43 Å². The number of hydrazine groups is 1. The zero-order chi connectivity index (χ0) is 9.97. The van der Waals surface area contributed by atoms with Crippen molar-refractivity contribution in [3.63, 3.8) is 0 Å². The Morgan fingerprint density at radius 2 is 2.14 bits per heavy atom. The van der Waals surface area contributed by atoms with E-state index in [1.807, 2.05) is 25.1 Å². The molecule has 2 heterocycles. The molecule has 0 radical (unpaired) electrons. The third kappa shape index (κ3) is 1.45. The Balaban J connectivity index is 2.36. The first-order valence-electron chi connectivity index (χ1n) is 4.36. The molecule has 2 rings (SSSR count). The van der Waals surface area contributed by atoms with Gasteiger partial charge in [-0.2, -0.15) is 0 Å². The maximum Gasteiger partial charge on any atom is 0.137 e. The van der Waals surface area contributed by atoms with E-state index in [9.17, 15) is 0 Å². The average molecular weight is 192 g/mol. The van der Waals surface area contributed by atoms with Gasteiger partial charge >= 0.3 is 0 Å². The smallest absolute Gasteiger partial charge is 0.137 e. The van der Waals surface area contributed by atoms with E-state index in [4.69, 9.17) is 14.7 Å². The summed E-state index contributed by atoms with van der Waals surface area (Å²) in [6.45, 7) is 1.96. The van der Waals surface area contributed by atoms with Crippen LogP contribution >= 0.6 is 0 Å². The maximum atomic E-state index is 5.45. The summed E-state index contributed by atoms with van der Waals surface area (Å²) >= 11 is 0. The standard InChI is InChI=1S/C10H12N2O2/c1-7-4-6-14-10(7)9(12-11)8-3-2-5-13-8/h2-6,9,12H,11H2,1H3. The molecule has 0 aromatic carbocycles. The zero-order valence-electron chi connectivity index (χ0n) is 7.86. The fourth-order valence-electron chi connectivity index (χ4n) is 1.42. The van der Waals surface area contributed by atoms with Gasteiger partial charge in [0.1, 0.15) is 17.6 Å². The van der Waals surface area contributed by atoms with Crippen LogP contribution in [0.1, 0.15) is 23.1 Å². The van der Waals surface area contributed by atoms with Gasteiger partial charge in [-0.1, -0.05) is 0 Å². The normalized spacial score (nSPS) is 13.0. The largest absolute Gasteiger partial charge is 0.467 e. The molecule has 4 nitrogen and oxygen atoms in total. The molecule has 2 aromatic rings. The first-order chi connectivity index (χ1) is 6.83. The Morgan fingerprint density at radius 1 is 1.29 bits per heavy atom. The second-order valence-corrected chi connectivity index (χ2v) is 3.08. The van der Waals surface area contributed by atoms with Gasteiger partial charge in [0.25, 0.3) is 0 Å². The lowest BCUT2D eigenvalue weighted by molar-refractivity contribution is 0.391. The number of hydrogen-bond donors (Lipinski definition) is 2. The van der Waals surface area contributed by atoms with E-state index in [1.54, 1.807) is 12.5 Å². The summed E-state index contributed by atoms with van der Waals surface area (Å²) in [6, 6.07) is 5.34. The predicted octanol–water partition coefficient (Wildman–Crippen LogP) is 1.73. The number of nitrogens with one attached hydrogen (secondary N) is 1. The third-order valence-electron chi connectivity index (χ3n) is 2.16. The lowest BCUT2D eigenvalue weighted by Crippen LogP contribution is -2.28. The molecule has 1 unspecified atom stereocenters. The summed E-state index contributed by atoms with van der Waals surface area (Å²) in [4.78, 5) is 0. The highest BCUT2D eigenvalue weighted by Gasteiger charge is 2.19. The van der Waals surface area contributed by atoms with Gasteiger partial charge in [-0.25, -0.2) is 5.43 Å². The number of furan rings is 2. The molecule has 4 heteroatoms. The predicted molar refractivity (Wildman–Crippen MR) is 51.3 cm³/mol. The van der Waals surface area contributed by atoms with Crippen LogP contribution in [0.5, 0.6) is 0 Å². The minimum atomic E-state index is -0.222. The molecule has 0 saturated carbocycles. The molecule has 14 heavy (non-hydrogen) atoms. The highest BCUT2D eigenvalue weighted by molar-refractivity contribution is 5.24. The summed E-state index contributed by atoms with van der Waals surface area (Å²) in [5.41, 5.74) is 3.71. The summed E-state index contributed by atoms with van der Waals surface area (Å²) in [6.07, 6.45) is 3.25. The highest BCUT2D eigenvalue weighted by Crippen LogP contribution is 2.24. The first-order valence-corrected chi connectivity index (χ1v) is 4.36. The van der Waals surface area contributed by atoms with Crippen molar-refractivity contribution in [3.05, 3.63) is 47.8 Å². The molecular formula is C10H12N2O2. The van der Waals surface area contributed by atoms with Gasteiger partial charge in [0, 0.05) is 0 Å². The fraction of sp³-hybridized carbons (Fsp3) is 0.200. The van der Waals surface area contributed by atoms with E-state index < -0.39 is 0 Å². The van der Waals surface area contributed by atoms with Crippen molar-refractivity contribution in [2.45, 2.75) is 13.0 Å². The van der Waals surface area contributed by atoms with E-state index in [1.165, 1.54) is 0 Å². The number of hydrogen-bond acceptors (Lipinski definition) is 4. The minimum absolute atomic E-state index is 0.222. The van der Waals surface area contributed by atoms with Gasteiger partial charge in [-0.15, -0.1) is 0 Å². The Hall–Kier alpha value is -1.52. The number of aryl methyl sites for hydroxylation is 1. The second kappa shape index (κ2) is 3.69. The van der Waals surface area contributed by atoms with E-state index in [-0.39, 0.29) is 6.04 Å². The van der Waals surface area contributed by atoms with Crippen molar-refractivity contribution in [3.8, 4) is 0 Å². The van der Waals surface area contributed by atoms with Gasteiger partial charge in [0.05, 0.1) is 12.5 Å². The van der Waals surface area contributed by atoms with Gasteiger partial charge in [-0.3, -0.25) is 5.84 Å². The van der Waals surface area contributed by atoms with Crippen LogP contribution in [-0.4, -0.2) is 0 Å². The molecule has 1 atom stereocenters. The number of nitrogens with two attached hydrogens (primary N) is 1. The topological polar surface area (TPSA) is 64.3 Å². The highest BCUT2D eigenvalue weighted by atomic mass is 16.3. The SMILES string of the molecule is Cc1ccoc1C(NN)c1ccco1. The third-order valence-corrected chi connectivity index (χ3v) is 2.16. The Bertz CT molecular complexity index is 392. The van der Waals surface area contributed by atoms with E-state index in [0.717, 1.165) is 17.1 Å². The van der Waals surface area contributed by atoms with Crippen LogP contribution < -0.4 is 11.3 Å². The molecule has 0 spiro atoms. The second-order valence-electron chi connectivity index (χ2n) is 3.08. The van der Waals surface area contributed by atoms with Crippen molar-refractivity contribution in [1.29, 1.82) is 0 Å². The molecule has 2 aromatic heterocycles. The van der Waals surface area contributed by atoms with Gasteiger partial charge in [0.15, 0.2) is 0 Å². The van der Waals surface area contributed by atoms with Crippen LogP contribution in [0, 0.1) is 6.92 Å². The summed E-state index contributed by atoms with van der Waals surface area (Å²) in [5, 5.41) is 0. The van der Waals surface area contributed by atoms with Crippen molar-refractivity contribution in [2.75, 3.05) is 0 Å². The van der Waals surface area contributed by atoms with Gasteiger partial charge in [-0.05, 0) is 30.7 Å². The summed E-state index contributed by atoms with van der Waals surface area (Å²) in [5.74, 6) is 6.98. The van der Waals surface area contributed by atoms with E-state index in [2.05, 4.69) is 5.43 Å². The Morgan fingerprint density at radius 3 is 2.64 bits per heavy atom. The van der Waals surface area contributed by atoms with Gasteiger partial charge in [0.2, 0.25) is 0 Å². The number of rotatable bonds is 3. The van der Waals surface area contributed by atoms with E-state index >= 15 is 0 Å². The molecule has 0 aliphatic carbocycles. The first kappa shape index (κ1) is 9.05. The molecule has 3 N–H and O–H groups in total. The molecular weight excluding hydrogens is 180 g/mol. The molecule has 0 fully saturated rings. The molecule has 0 amide bonds. The minimum Gasteiger partial charge on any atom is -0.467 e.